The maximum Gasteiger partial charge on any atom is 0.335 e. The number of likely N-dealkylation sites (N-methyl/N-ethyl adjacent to an activating group) is 1. The molecule has 0 saturated carbocycles. The summed E-state index contributed by atoms with van der Waals surface area (Å²) in [5.41, 5.74) is 2.22. The van der Waals surface area contributed by atoms with Gasteiger partial charge in [-0.15, -0.1) is 0 Å². The van der Waals surface area contributed by atoms with Gasteiger partial charge in [-0.1, -0.05) is 19.1 Å². The Morgan fingerprint density at radius 1 is 1.36 bits per heavy atom. The number of H-pyrrole nitrogens is 1. The molecule has 3 heterocycles. The van der Waals surface area contributed by atoms with Crippen molar-refractivity contribution in [2.45, 2.75) is 25.9 Å². The smallest absolute Gasteiger partial charge is 0.335 e. The van der Waals surface area contributed by atoms with E-state index in [4.69, 9.17) is 0 Å². The second-order valence-electron chi connectivity index (χ2n) is 7.62. The van der Waals surface area contributed by atoms with Crippen molar-refractivity contribution in [3.63, 3.8) is 0 Å². The standard InChI is InChI=1S/C21H25N5O2/c1-14-7-9-26(11-15-4-3-5-16(10-15)21(27)28)12-18(14)25(2)20-17-6-8-22-19(17)23-13-24-20/h3-6,8,10,13-14,18H,7,9,11-12H2,1-2H3,(H,27,28)(H,22,23,24). The molecule has 2 N–H and O–H groups in total. The van der Waals surface area contributed by atoms with Gasteiger partial charge in [0.15, 0.2) is 0 Å². The molecule has 28 heavy (non-hydrogen) atoms. The molecule has 1 saturated heterocycles. The number of anilines is 1. The predicted octanol–water partition coefficient (Wildman–Crippen LogP) is 3.00. The molecule has 0 spiro atoms. The third kappa shape index (κ3) is 3.57. The second kappa shape index (κ2) is 7.59. The summed E-state index contributed by atoms with van der Waals surface area (Å²) in [6.45, 7) is 4.96. The number of aromatic amines is 1. The molecule has 2 aromatic heterocycles. The van der Waals surface area contributed by atoms with E-state index in [0.717, 1.165) is 48.5 Å². The number of hydrogen-bond donors (Lipinski definition) is 2. The van der Waals surface area contributed by atoms with E-state index < -0.39 is 5.97 Å². The van der Waals surface area contributed by atoms with Crippen molar-refractivity contribution in [2.24, 2.45) is 5.92 Å². The van der Waals surface area contributed by atoms with Crippen LogP contribution in [0.4, 0.5) is 5.82 Å². The second-order valence-corrected chi connectivity index (χ2v) is 7.62. The molecule has 0 aliphatic carbocycles. The van der Waals surface area contributed by atoms with Gasteiger partial charge in [-0.3, -0.25) is 4.90 Å². The molecule has 146 valence electrons. The number of aromatic nitrogens is 3. The number of rotatable bonds is 5. The topological polar surface area (TPSA) is 85.3 Å². The number of likely N-dealkylation sites (tertiary alicyclic amines) is 1. The molecular weight excluding hydrogens is 354 g/mol. The highest BCUT2D eigenvalue weighted by Gasteiger charge is 2.30. The van der Waals surface area contributed by atoms with Gasteiger partial charge in [-0.25, -0.2) is 14.8 Å². The highest BCUT2D eigenvalue weighted by molar-refractivity contribution is 5.88. The van der Waals surface area contributed by atoms with Gasteiger partial charge in [0.2, 0.25) is 0 Å². The van der Waals surface area contributed by atoms with Gasteiger partial charge < -0.3 is 15.0 Å². The number of piperidine rings is 1. The first kappa shape index (κ1) is 18.4. The highest BCUT2D eigenvalue weighted by Crippen LogP contribution is 2.29. The molecule has 0 amide bonds. The Morgan fingerprint density at radius 2 is 2.21 bits per heavy atom. The summed E-state index contributed by atoms with van der Waals surface area (Å²) in [7, 11) is 2.10. The van der Waals surface area contributed by atoms with Gasteiger partial charge in [0, 0.05) is 32.4 Å². The molecule has 7 heteroatoms. The number of carboxylic acids is 1. The SMILES string of the molecule is CC1CCN(Cc2cccc(C(=O)O)c2)CC1N(C)c1ncnc2[nH]ccc12. The molecule has 0 radical (unpaired) electrons. The number of nitrogens with one attached hydrogen (secondary N) is 1. The van der Waals surface area contributed by atoms with Crippen LogP contribution in [0.25, 0.3) is 11.0 Å². The number of benzene rings is 1. The van der Waals surface area contributed by atoms with Crippen LogP contribution in [0.1, 0.15) is 29.3 Å². The van der Waals surface area contributed by atoms with Crippen LogP contribution in [0, 0.1) is 5.92 Å². The number of carboxylic acid groups (broad SMARTS) is 1. The van der Waals surface area contributed by atoms with Crippen molar-refractivity contribution in [1.29, 1.82) is 0 Å². The molecule has 3 aromatic rings. The zero-order valence-electron chi connectivity index (χ0n) is 16.2. The number of hydrogen-bond acceptors (Lipinski definition) is 5. The van der Waals surface area contributed by atoms with E-state index >= 15 is 0 Å². The monoisotopic (exact) mass is 379 g/mol. The van der Waals surface area contributed by atoms with Crippen molar-refractivity contribution in [1.82, 2.24) is 19.9 Å². The van der Waals surface area contributed by atoms with Gasteiger partial charge in [0.05, 0.1) is 10.9 Å². The average molecular weight is 379 g/mol. The lowest BCUT2D eigenvalue weighted by Gasteiger charge is -2.42. The van der Waals surface area contributed by atoms with Crippen molar-refractivity contribution >= 4 is 22.8 Å². The van der Waals surface area contributed by atoms with E-state index in [9.17, 15) is 9.90 Å². The lowest BCUT2D eigenvalue weighted by atomic mass is 9.92. The Hall–Kier alpha value is -2.93. The molecule has 4 rings (SSSR count). The Kier molecular flexibility index (Phi) is 5.00. The fraction of sp³-hybridized carbons (Fsp3) is 0.381. The van der Waals surface area contributed by atoms with Crippen LogP contribution in [0.2, 0.25) is 0 Å². The fourth-order valence-corrected chi connectivity index (χ4v) is 4.12. The van der Waals surface area contributed by atoms with Gasteiger partial charge in [-0.2, -0.15) is 0 Å². The van der Waals surface area contributed by atoms with Gasteiger partial charge in [-0.05, 0) is 42.6 Å². The van der Waals surface area contributed by atoms with Crippen molar-refractivity contribution in [3.05, 3.63) is 54.0 Å². The number of nitrogens with zero attached hydrogens (tertiary/aromatic N) is 4. The van der Waals surface area contributed by atoms with E-state index in [1.54, 1.807) is 18.5 Å². The van der Waals surface area contributed by atoms with Crippen LogP contribution < -0.4 is 4.90 Å². The zero-order valence-corrected chi connectivity index (χ0v) is 16.2. The molecule has 0 bridgehead atoms. The number of fused-ring (bicyclic) bond motifs is 1. The van der Waals surface area contributed by atoms with Crippen molar-refractivity contribution in [3.8, 4) is 0 Å². The average Bonchev–Trinajstić information content (AvgIpc) is 3.18. The lowest BCUT2D eigenvalue weighted by Crippen LogP contribution is -2.50. The summed E-state index contributed by atoms with van der Waals surface area (Å²) in [4.78, 5) is 27.9. The van der Waals surface area contributed by atoms with E-state index in [0.29, 0.717) is 17.5 Å². The first-order valence-corrected chi connectivity index (χ1v) is 9.58. The fourth-order valence-electron chi connectivity index (χ4n) is 4.12. The van der Waals surface area contributed by atoms with Crippen molar-refractivity contribution < 1.29 is 9.90 Å². The molecule has 1 aliphatic heterocycles. The molecule has 2 atom stereocenters. The summed E-state index contributed by atoms with van der Waals surface area (Å²) in [5, 5.41) is 10.3. The van der Waals surface area contributed by atoms with E-state index in [1.807, 2.05) is 24.4 Å². The Bertz CT molecular complexity index is 986. The highest BCUT2D eigenvalue weighted by atomic mass is 16.4. The van der Waals surface area contributed by atoms with Crippen LogP contribution in [0.5, 0.6) is 0 Å². The normalized spacial score (nSPS) is 20.4. The Morgan fingerprint density at radius 3 is 3.04 bits per heavy atom. The first-order valence-electron chi connectivity index (χ1n) is 9.58. The van der Waals surface area contributed by atoms with Crippen LogP contribution in [-0.2, 0) is 6.54 Å². The predicted molar refractivity (Wildman–Crippen MR) is 109 cm³/mol. The summed E-state index contributed by atoms with van der Waals surface area (Å²) in [5.74, 6) is 0.597. The summed E-state index contributed by atoms with van der Waals surface area (Å²) in [6.07, 6.45) is 4.59. The van der Waals surface area contributed by atoms with Gasteiger partial charge in [0.1, 0.15) is 17.8 Å². The quantitative estimate of drug-likeness (QED) is 0.709. The third-order valence-corrected chi connectivity index (χ3v) is 5.75. The molecule has 2 unspecified atom stereocenters. The van der Waals surface area contributed by atoms with E-state index in [2.05, 4.69) is 38.7 Å². The maximum atomic E-state index is 11.2. The molecule has 1 fully saturated rings. The Labute approximate surface area is 164 Å². The molecule has 7 nitrogen and oxygen atoms in total. The van der Waals surface area contributed by atoms with Crippen LogP contribution in [0.3, 0.4) is 0 Å². The van der Waals surface area contributed by atoms with Crippen LogP contribution in [0.15, 0.2) is 42.9 Å². The van der Waals surface area contributed by atoms with Gasteiger partial charge in [0.25, 0.3) is 0 Å². The largest absolute Gasteiger partial charge is 0.478 e. The number of carbonyl (C=O) groups is 1. The maximum absolute atomic E-state index is 11.2. The summed E-state index contributed by atoms with van der Waals surface area (Å²) >= 11 is 0. The number of aromatic carboxylic acids is 1. The van der Waals surface area contributed by atoms with Crippen LogP contribution in [-0.4, -0.2) is 57.1 Å². The van der Waals surface area contributed by atoms with E-state index in [-0.39, 0.29) is 0 Å². The van der Waals surface area contributed by atoms with Crippen LogP contribution >= 0.6 is 0 Å². The molecule has 1 aliphatic rings. The lowest BCUT2D eigenvalue weighted by molar-refractivity contribution is 0.0696. The van der Waals surface area contributed by atoms with E-state index in [1.165, 1.54) is 0 Å². The molecule has 1 aromatic carbocycles. The zero-order chi connectivity index (χ0) is 19.7. The summed E-state index contributed by atoms with van der Waals surface area (Å²) in [6, 6.07) is 9.56. The molecular formula is C21H25N5O2. The minimum Gasteiger partial charge on any atom is -0.478 e. The van der Waals surface area contributed by atoms with Gasteiger partial charge >= 0.3 is 5.97 Å². The Balaban J connectivity index is 1.52. The first-order chi connectivity index (χ1) is 13.5. The minimum absolute atomic E-state index is 0.324. The summed E-state index contributed by atoms with van der Waals surface area (Å²) < 4.78 is 0. The van der Waals surface area contributed by atoms with Crippen molar-refractivity contribution in [2.75, 3.05) is 25.0 Å². The third-order valence-electron chi connectivity index (χ3n) is 5.75. The minimum atomic E-state index is -0.883.